The number of nitriles is 1. The van der Waals surface area contributed by atoms with Gasteiger partial charge in [0.1, 0.15) is 12.1 Å². The molecule has 1 fully saturated rings. The highest BCUT2D eigenvalue weighted by Crippen LogP contribution is 2.25. The molecule has 0 spiro atoms. The van der Waals surface area contributed by atoms with Gasteiger partial charge >= 0.3 is 5.97 Å². The molecular formula is C10H10N4O2. The van der Waals surface area contributed by atoms with Gasteiger partial charge in [-0.15, -0.1) is 5.10 Å². The fraction of sp³-hybridized carbons (Fsp3) is 0.400. The van der Waals surface area contributed by atoms with Crippen molar-refractivity contribution in [2.24, 2.45) is 0 Å². The van der Waals surface area contributed by atoms with Crippen LogP contribution in [0.4, 0.5) is 5.82 Å². The van der Waals surface area contributed by atoms with Crippen molar-refractivity contribution in [2.45, 2.75) is 18.9 Å². The molecule has 0 amide bonds. The standard InChI is InChI=1S/C10H10N4O2/c11-6-7-3-4-12-13-9(7)14-5-1-2-8(14)10(15)16/h3-4,8H,1-2,5H2,(H,15,16). The zero-order valence-electron chi connectivity index (χ0n) is 8.50. The number of carboxylic acids is 1. The normalized spacial score (nSPS) is 19.4. The van der Waals surface area contributed by atoms with Crippen LogP contribution in [0.3, 0.4) is 0 Å². The van der Waals surface area contributed by atoms with E-state index >= 15 is 0 Å². The van der Waals surface area contributed by atoms with Crippen molar-refractivity contribution in [1.29, 1.82) is 5.26 Å². The van der Waals surface area contributed by atoms with Gasteiger partial charge in [0.25, 0.3) is 0 Å². The van der Waals surface area contributed by atoms with Crippen molar-refractivity contribution < 1.29 is 9.90 Å². The molecule has 0 aliphatic carbocycles. The molecule has 6 heteroatoms. The maximum atomic E-state index is 11.0. The fourth-order valence-corrected chi connectivity index (χ4v) is 1.90. The van der Waals surface area contributed by atoms with Crippen LogP contribution in [-0.4, -0.2) is 33.9 Å². The largest absolute Gasteiger partial charge is 0.480 e. The Morgan fingerprint density at radius 2 is 2.50 bits per heavy atom. The third kappa shape index (κ3) is 1.67. The minimum absolute atomic E-state index is 0.364. The Kier molecular flexibility index (Phi) is 2.68. The number of anilines is 1. The average molecular weight is 218 g/mol. The summed E-state index contributed by atoms with van der Waals surface area (Å²) < 4.78 is 0. The van der Waals surface area contributed by atoms with Crippen molar-refractivity contribution >= 4 is 11.8 Å². The van der Waals surface area contributed by atoms with Crippen molar-refractivity contribution in [1.82, 2.24) is 10.2 Å². The van der Waals surface area contributed by atoms with Gasteiger partial charge in [0.15, 0.2) is 5.82 Å². The Bertz CT molecular complexity index is 454. The molecule has 16 heavy (non-hydrogen) atoms. The van der Waals surface area contributed by atoms with Crippen LogP contribution in [0.2, 0.25) is 0 Å². The number of hydrogen-bond acceptors (Lipinski definition) is 5. The van der Waals surface area contributed by atoms with Gasteiger partial charge in [-0.25, -0.2) is 4.79 Å². The number of nitrogens with zero attached hydrogens (tertiary/aromatic N) is 4. The van der Waals surface area contributed by atoms with Crippen LogP contribution in [0.15, 0.2) is 12.3 Å². The third-order valence-electron chi connectivity index (χ3n) is 2.63. The first-order valence-corrected chi connectivity index (χ1v) is 4.95. The lowest BCUT2D eigenvalue weighted by Crippen LogP contribution is -2.37. The summed E-state index contributed by atoms with van der Waals surface area (Å²) in [7, 11) is 0. The Balaban J connectivity index is 2.37. The third-order valence-corrected chi connectivity index (χ3v) is 2.63. The smallest absolute Gasteiger partial charge is 0.326 e. The molecular weight excluding hydrogens is 208 g/mol. The highest BCUT2D eigenvalue weighted by molar-refractivity contribution is 5.79. The van der Waals surface area contributed by atoms with Crippen LogP contribution < -0.4 is 4.90 Å². The molecule has 0 saturated carbocycles. The van der Waals surface area contributed by atoms with Gasteiger partial charge in [-0.3, -0.25) is 0 Å². The summed E-state index contributed by atoms with van der Waals surface area (Å²) in [5.74, 6) is -0.512. The van der Waals surface area contributed by atoms with Crippen molar-refractivity contribution in [3.8, 4) is 6.07 Å². The molecule has 1 saturated heterocycles. The predicted molar refractivity (Wildman–Crippen MR) is 54.8 cm³/mol. The second kappa shape index (κ2) is 4.14. The Labute approximate surface area is 92.1 Å². The van der Waals surface area contributed by atoms with Gasteiger partial charge in [-0.2, -0.15) is 10.4 Å². The van der Waals surface area contributed by atoms with E-state index in [9.17, 15) is 4.79 Å². The Hall–Kier alpha value is -2.16. The summed E-state index contributed by atoms with van der Waals surface area (Å²) in [6.45, 7) is 0.602. The minimum Gasteiger partial charge on any atom is -0.480 e. The highest BCUT2D eigenvalue weighted by Gasteiger charge is 2.32. The zero-order valence-corrected chi connectivity index (χ0v) is 8.50. The fourth-order valence-electron chi connectivity index (χ4n) is 1.90. The predicted octanol–water partition coefficient (Wildman–Crippen LogP) is 0.402. The van der Waals surface area contributed by atoms with Gasteiger partial charge in [0, 0.05) is 6.54 Å². The summed E-state index contributed by atoms with van der Waals surface area (Å²) in [5, 5.41) is 25.5. The number of hydrogen-bond donors (Lipinski definition) is 1. The molecule has 1 aromatic rings. The average Bonchev–Trinajstić information content (AvgIpc) is 2.77. The molecule has 6 nitrogen and oxygen atoms in total. The molecule has 1 aromatic heterocycles. The Morgan fingerprint density at radius 1 is 1.69 bits per heavy atom. The maximum Gasteiger partial charge on any atom is 0.326 e. The molecule has 1 aliphatic heterocycles. The van der Waals surface area contributed by atoms with Gasteiger partial charge in [-0.05, 0) is 18.9 Å². The van der Waals surface area contributed by atoms with E-state index in [-0.39, 0.29) is 0 Å². The number of aliphatic carboxylic acids is 1. The van der Waals surface area contributed by atoms with E-state index in [2.05, 4.69) is 10.2 Å². The lowest BCUT2D eigenvalue weighted by Gasteiger charge is -2.22. The van der Waals surface area contributed by atoms with Crippen LogP contribution in [0.25, 0.3) is 0 Å². The monoisotopic (exact) mass is 218 g/mol. The highest BCUT2D eigenvalue weighted by atomic mass is 16.4. The quantitative estimate of drug-likeness (QED) is 0.772. The van der Waals surface area contributed by atoms with E-state index in [1.165, 1.54) is 6.20 Å². The van der Waals surface area contributed by atoms with Crippen LogP contribution >= 0.6 is 0 Å². The first-order valence-electron chi connectivity index (χ1n) is 4.95. The van der Waals surface area contributed by atoms with Crippen LogP contribution in [0, 0.1) is 11.3 Å². The van der Waals surface area contributed by atoms with Crippen LogP contribution in [-0.2, 0) is 4.79 Å². The molecule has 2 heterocycles. The van der Waals surface area contributed by atoms with Crippen molar-refractivity contribution in [2.75, 3.05) is 11.4 Å². The van der Waals surface area contributed by atoms with E-state index < -0.39 is 12.0 Å². The van der Waals surface area contributed by atoms with E-state index in [4.69, 9.17) is 10.4 Å². The molecule has 1 N–H and O–H groups in total. The summed E-state index contributed by atoms with van der Waals surface area (Å²) >= 11 is 0. The first-order chi connectivity index (χ1) is 7.74. The number of aromatic nitrogens is 2. The minimum atomic E-state index is -0.882. The summed E-state index contributed by atoms with van der Waals surface area (Å²) in [4.78, 5) is 12.6. The number of rotatable bonds is 2. The molecule has 1 aliphatic rings. The van der Waals surface area contributed by atoms with Gasteiger partial charge < -0.3 is 10.0 Å². The van der Waals surface area contributed by atoms with E-state index in [1.807, 2.05) is 6.07 Å². The van der Waals surface area contributed by atoms with Crippen molar-refractivity contribution in [3.63, 3.8) is 0 Å². The second-order valence-corrected chi connectivity index (χ2v) is 3.57. The topological polar surface area (TPSA) is 90.1 Å². The van der Waals surface area contributed by atoms with Gasteiger partial charge in [-0.1, -0.05) is 0 Å². The molecule has 0 bridgehead atoms. The summed E-state index contributed by atoms with van der Waals surface area (Å²) in [6, 6.07) is 2.94. The Morgan fingerprint density at radius 3 is 3.19 bits per heavy atom. The lowest BCUT2D eigenvalue weighted by atomic mass is 10.2. The number of carbonyl (C=O) groups is 1. The molecule has 1 atom stereocenters. The molecule has 2 rings (SSSR count). The molecule has 0 aromatic carbocycles. The summed E-state index contributed by atoms with van der Waals surface area (Å²) in [5.41, 5.74) is 0.364. The van der Waals surface area contributed by atoms with E-state index in [0.29, 0.717) is 24.3 Å². The summed E-state index contributed by atoms with van der Waals surface area (Å²) in [6.07, 6.45) is 2.79. The van der Waals surface area contributed by atoms with Gasteiger partial charge in [0.2, 0.25) is 0 Å². The molecule has 1 unspecified atom stereocenters. The zero-order chi connectivity index (χ0) is 11.5. The van der Waals surface area contributed by atoms with Crippen LogP contribution in [0.5, 0.6) is 0 Å². The second-order valence-electron chi connectivity index (χ2n) is 3.57. The molecule has 0 radical (unpaired) electrons. The van der Waals surface area contributed by atoms with Gasteiger partial charge in [0.05, 0.1) is 11.8 Å². The number of carboxylic acid groups (broad SMARTS) is 1. The van der Waals surface area contributed by atoms with E-state index in [1.54, 1.807) is 11.0 Å². The van der Waals surface area contributed by atoms with Crippen LogP contribution in [0.1, 0.15) is 18.4 Å². The maximum absolute atomic E-state index is 11.0. The van der Waals surface area contributed by atoms with Crippen molar-refractivity contribution in [3.05, 3.63) is 17.8 Å². The SMILES string of the molecule is N#Cc1ccnnc1N1CCCC1C(=O)O. The first kappa shape index (κ1) is 10.4. The lowest BCUT2D eigenvalue weighted by molar-refractivity contribution is -0.138. The van der Waals surface area contributed by atoms with E-state index in [0.717, 1.165) is 6.42 Å². The molecule has 82 valence electrons.